The van der Waals surface area contributed by atoms with Crippen LogP contribution >= 0.6 is 0 Å². The average molecular weight is 378 g/mol. The summed E-state index contributed by atoms with van der Waals surface area (Å²) < 4.78 is 53.9. The predicted molar refractivity (Wildman–Crippen MR) is 86.6 cm³/mol. The molecule has 0 aromatic carbocycles. The summed E-state index contributed by atoms with van der Waals surface area (Å²) in [4.78, 5) is 21.0. The van der Waals surface area contributed by atoms with Crippen LogP contribution in [0.1, 0.15) is 22.5 Å². The van der Waals surface area contributed by atoms with E-state index in [1.165, 1.54) is 12.4 Å². The van der Waals surface area contributed by atoms with Crippen LogP contribution in [-0.4, -0.2) is 46.0 Å². The third-order valence-electron chi connectivity index (χ3n) is 5.11. The van der Waals surface area contributed by atoms with E-state index in [-0.39, 0.29) is 40.4 Å². The highest BCUT2D eigenvalue weighted by atomic mass is 19.4. The third-order valence-corrected chi connectivity index (χ3v) is 5.11. The molecule has 3 aromatic heterocycles. The van der Waals surface area contributed by atoms with Gasteiger partial charge < -0.3 is 14.1 Å². The molecule has 140 valence electrons. The topological polar surface area (TPSA) is 72.9 Å². The predicted octanol–water partition coefficient (Wildman–Crippen LogP) is 2.80. The Hall–Kier alpha value is -2.88. The van der Waals surface area contributed by atoms with Gasteiger partial charge in [0.1, 0.15) is 5.69 Å². The molecule has 3 aromatic rings. The van der Waals surface area contributed by atoms with Crippen LogP contribution in [0.15, 0.2) is 29.4 Å². The maximum atomic E-state index is 14.0. The van der Waals surface area contributed by atoms with Crippen molar-refractivity contribution in [3.63, 3.8) is 0 Å². The van der Waals surface area contributed by atoms with Gasteiger partial charge in [-0.2, -0.15) is 13.2 Å². The molecule has 2 bridgehead atoms. The van der Waals surface area contributed by atoms with Gasteiger partial charge in [-0.3, -0.25) is 9.20 Å². The SMILES string of the molecule is O=Cc1cnc2c(-c3cnco3)c(N3C4COCC3C4)c(C(F)(F)F)cn12. The van der Waals surface area contributed by atoms with E-state index < -0.39 is 11.7 Å². The molecule has 0 amide bonds. The van der Waals surface area contributed by atoms with Gasteiger partial charge >= 0.3 is 6.18 Å². The van der Waals surface area contributed by atoms with Crippen LogP contribution in [0.4, 0.5) is 18.9 Å². The second-order valence-corrected chi connectivity index (χ2v) is 6.61. The molecule has 5 rings (SSSR count). The Kier molecular flexibility index (Phi) is 3.36. The fourth-order valence-electron chi connectivity index (χ4n) is 3.96. The third kappa shape index (κ3) is 2.29. The Labute approximate surface area is 150 Å². The normalized spacial score (nSPS) is 22.1. The number of alkyl halides is 3. The molecule has 0 radical (unpaired) electrons. The molecule has 2 unspecified atom stereocenters. The van der Waals surface area contributed by atoms with Crippen LogP contribution in [0.2, 0.25) is 0 Å². The smallest absolute Gasteiger partial charge is 0.419 e. The number of rotatable bonds is 3. The summed E-state index contributed by atoms with van der Waals surface area (Å²) in [6.45, 7) is 0.728. The van der Waals surface area contributed by atoms with Crippen LogP contribution in [-0.2, 0) is 10.9 Å². The Bertz CT molecular complexity index is 1010. The number of aldehydes is 1. The summed E-state index contributed by atoms with van der Waals surface area (Å²) in [7, 11) is 0. The minimum atomic E-state index is -4.63. The van der Waals surface area contributed by atoms with Crippen molar-refractivity contribution in [2.75, 3.05) is 18.1 Å². The van der Waals surface area contributed by atoms with Crippen LogP contribution in [0.25, 0.3) is 17.0 Å². The van der Waals surface area contributed by atoms with Crippen molar-refractivity contribution in [2.45, 2.75) is 24.7 Å². The number of fused-ring (bicyclic) bond motifs is 3. The lowest BCUT2D eigenvalue weighted by Crippen LogP contribution is -2.64. The lowest BCUT2D eigenvalue weighted by Gasteiger charge is -2.54. The Morgan fingerprint density at radius 3 is 2.59 bits per heavy atom. The number of morpholine rings is 1. The van der Waals surface area contributed by atoms with Crippen molar-refractivity contribution in [3.05, 3.63) is 36.2 Å². The zero-order valence-electron chi connectivity index (χ0n) is 13.8. The number of carbonyl (C=O) groups is 1. The van der Waals surface area contributed by atoms with Crippen LogP contribution in [0.5, 0.6) is 0 Å². The molecule has 0 spiro atoms. The number of hydrogen-bond acceptors (Lipinski definition) is 6. The molecule has 2 fully saturated rings. The van der Waals surface area contributed by atoms with Crippen molar-refractivity contribution < 1.29 is 27.1 Å². The van der Waals surface area contributed by atoms with Crippen LogP contribution in [0, 0.1) is 0 Å². The summed E-state index contributed by atoms with van der Waals surface area (Å²) in [5.74, 6) is 0.162. The number of anilines is 1. The second-order valence-electron chi connectivity index (χ2n) is 6.61. The Morgan fingerprint density at radius 2 is 2.00 bits per heavy atom. The van der Waals surface area contributed by atoms with Crippen molar-refractivity contribution in [1.29, 1.82) is 0 Å². The fourth-order valence-corrected chi connectivity index (χ4v) is 3.96. The number of oxazole rings is 1. The van der Waals surface area contributed by atoms with E-state index in [9.17, 15) is 18.0 Å². The molecule has 2 aliphatic rings. The molecule has 2 saturated heterocycles. The van der Waals surface area contributed by atoms with Crippen molar-refractivity contribution in [1.82, 2.24) is 14.4 Å². The first kappa shape index (κ1) is 16.3. The van der Waals surface area contributed by atoms with Crippen LogP contribution in [0.3, 0.4) is 0 Å². The maximum absolute atomic E-state index is 14.0. The summed E-state index contributed by atoms with van der Waals surface area (Å²) in [5, 5.41) is 0. The van der Waals surface area contributed by atoms with E-state index in [1.807, 2.05) is 0 Å². The molecular formula is C17H13F3N4O3. The Balaban J connectivity index is 1.88. The fraction of sp³-hybridized carbons (Fsp3) is 0.353. The minimum Gasteiger partial charge on any atom is -0.443 e. The number of halogens is 3. The minimum absolute atomic E-state index is 0.000603. The Morgan fingerprint density at radius 1 is 1.22 bits per heavy atom. The molecule has 10 heteroatoms. The van der Waals surface area contributed by atoms with E-state index in [0.717, 1.165) is 23.4 Å². The molecule has 27 heavy (non-hydrogen) atoms. The highest BCUT2D eigenvalue weighted by Gasteiger charge is 2.48. The van der Waals surface area contributed by atoms with Gasteiger partial charge in [0.15, 0.2) is 24.1 Å². The average Bonchev–Trinajstić information content (AvgIpc) is 3.30. The number of carbonyl (C=O) groups excluding carboxylic acids is 1. The molecule has 0 saturated carbocycles. The number of pyridine rings is 1. The molecule has 2 atom stereocenters. The second kappa shape index (κ2) is 5.56. The first-order valence-corrected chi connectivity index (χ1v) is 8.30. The first-order valence-electron chi connectivity index (χ1n) is 8.30. The zero-order chi connectivity index (χ0) is 18.8. The largest absolute Gasteiger partial charge is 0.443 e. The van der Waals surface area contributed by atoms with Gasteiger partial charge in [0, 0.05) is 6.20 Å². The standard InChI is InChI=1S/C17H13F3N4O3/c18-17(19,20)12-4-23-11(5-25)2-22-16(23)14(13-3-21-8-27-13)15(12)24-9-1-10(24)7-26-6-9/h2-5,8-10H,1,6-7H2. The van der Waals surface area contributed by atoms with Crippen LogP contribution < -0.4 is 4.90 Å². The lowest BCUT2D eigenvalue weighted by atomic mass is 9.88. The highest BCUT2D eigenvalue weighted by Crippen LogP contribution is 2.49. The van der Waals surface area contributed by atoms with Gasteiger partial charge in [0.05, 0.1) is 54.5 Å². The van der Waals surface area contributed by atoms with Gasteiger partial charge in [-0.05, 0) is 6.42 Å². The van der Waals surface area contributed by atoms with E-state index >= 15 is 0 Å². The number of ether oxygens (including phenoxy) is 1. The van der Waals surface area contributed by atoms with Gasteiger partial charge in [-0.1, -0.05) is 0 Å². The molecule has 2 aliphatic heterocycles. The summed E-state index contributed by atoms with van der Waals surface area (Å²) in [6, 6.07) is -0.288. The lowest BCUT2D eigenvalue weighted by molar-refractivity contribution is -0.137. The first-order chi connectivity index (χ1) is 13.0. The monoisotopic (exact) mass is 378 g/mol. The van der Waals surface area contributed by atoms with E-state index in [4.69, 9.17) is 9.15 Å². The van der Waals surface area contributed by atoms with Gasteiger partial charge in [-0.25, -0.2) is 9.97 Å². The van der Waals surface area contributed by atoms with E-state index in [2.05, 4.69) is 9.97 Å². The quantitative estimate of drug-likeness (QED) is 0.653. The van der Waals surface area contributed by atoms with Gasteiger partial charge in [0.25, 0.3) is 0 Å². The van der Waals surface area contributed by atoms with Crippen molar-refractivity contribution in [3.8, 4) is 11.3 Å². The van der Waals surface area contributed by atoms with E-state index in [0.29, 0.717) is 19.5 Å². The number of aromatic nitrogens is 3. The molecule has 0 N–H and O–H groups in total. The van der Waals surface area contributed by atoms with Gasteiger partial charge in [0.2, 0.25) is 0 Å². The number of hydrogen-bond donors (Lipinski definition) is 0. The molecule has 5 heterocycles. The highest BCUT2D eigenvalue weighted by molar-refractivity contribution is 5.91. The molecule has 0 aliphatic carbocycles. The summed E-state index contributed by atoms with van der Waals surface area (Å²) in [5.41, 5.74) is -0.442. The number of nitrogens with zero attached hydrogens (tertiary/aromatic N) is 4. The molecular weight excluding hydrogens is 365 g/mol. The van der Waals surface area contributed by atoms with E-state index in [1.54, 1.807) is 4.90 Å². The van der Waals surface area contributed by atoms with Crippen molar-refractivity contribution >= 4 is 17.6 Å². The van der Waals surface area contributed by atoms with Crippen molar-refractivity contribution in [2.24, 2.45) is 0 Å². The maximum Gasteiger partial charge on any atom is 0.419 e. The molecule has 7 nitrogen and oxygen atoms in total. The van der Waals surface area contributed by atoms with Gasteiger partial charge in [-0.15, -0.1) is 0 Å². The summed E-state index contributed by atoms with van der Waals surface area (Å²) >= 11 is 0. The summed E-state index contributed by atoms with van der Waals surface area (Å²) in [6.07, 6.45) is 1.28. The zero-order valence-corrected chi connectivity index (χ0v) is 13.8. The number of imidazole rings is 1.